The molecular weight excluding hydrogens is 416 g/mol. The monoisotopic (exact) mass is 442 g/mol. The van der Waals surface area contributed by atoms with E-state index in [1.807, 2.05) is 37.3 Å². The first-order valence-electron chi connectivity index (χ1n) is 10.2. The van der Waals surface area contributed by atoms with Crippen LogP contribution in [-0.4, -0.2) is 48.5 Å². The second-order valence-electron chi connectivity index (χ2n) is 7.66. The normalized spacial score (nSPS) is 15.6. The molecule has 3 heterocycles. The molecule has 2 aromatic heterocycles. The second-order valence-corrected chi connectivity index (χ2v) is 8.91. The molecule has 1 aromatic carbocycles. The number of aromatic nitrogens is 1. The van der Waals surface area contributed by atoms with Crippen LogP contribution < -0.4 is 14.8 Å². The Balaban J connectivity index is 1.58. The van der Waals surface area contributed by atoms with Crippen molar-refractivity contribution in [2.24, 2.45) is 0 Å². The van der Waals surface area contributed by atoms with Gasteiger partial charge in [0, 0.05) is 34.4 Å². The number of nitrogens with zero attached hydrogens (tertiary/aromatic N) is 1. The molecule has 1 aliphatic heterocycles. The third kappa shape index (κ3) is 4.51. The molecular formula is C23H26N2O5S. The van der Waals surface area contributed by atoms with E-state index in [0.717, 1.165) is 20.5 Å². The standard InChI is InChI=1S/C23H26N2O5S/c1-15-20(21(27)25-23(14-26)7-10-29-11-8-23)18-12-17(5-6-19(18)31-15)30-13-16-4-3-9-24-22(16)28-2/h3-6,9,12,26H,7-8,10-11,13-14H2,1-2H3,(H,25,27). The molecule has 1 amide bonds. The van der Waals surface area contributed by atoms with Crippen molar-refractivity contribution in [1.82, 2.24) is 10.3 Å². The van der Waals surface area contributed by atoms with Gasteiger partial charge in [0.1, 0.15) is 12.4 Å². The fraction of sp³-hybridized carbons (Fsp3) is 0.391. The first-order chi connectivity index (χ1) is 15.0. The van der Waals surface area contributed by atoms with E-state index in [0.29, 0.717) is 49.9 Å². The lowest BCUT2D eigenvalue weighted by Crippen LogP contribution is -2.54. The van der Waals surface area contributed by atoms with Gasteiger partial charge in [-0.05, 0) is 50.1 Å². The van der Waals surface area contributed by atoms with Gasteiger partial charge >= 0.3 is 0 Å². The van der Waals surface area contributed by atoms with Crippen molar-refractivity contribution in [2.75, 3.05) is 26.9 Å². The van der Waals surface area contributed by atoms with Gasteiger partial charge in [-0.2, -0.15) is 0 Å². The summed E-state index contributed by atoms with van der Waals surface area (Å²) in [5.41, 5.74) is 0.832. The van der Waals surface area contributed by atoms with Gasteiger partial charge < -0.3 is 24.6 Å². The van der Waals surface area contributed by atoms with Gasteiger partial charge in [0.05, 0.1) is 30.4 Å². The summed E-state index contributed by atoms with van der Waals surface area (Å²) in [7, 11) is 1.58. The highest BCUT2D eigenvalue weighted by Crippen LogP contribution is 2.34. The summed E-state index contributed by atoms with van der Waals surface area (Å²) >= 11 is 1.57. The van der Waals surface area contributed by atoms with E-state index in [1.54, 1.807) is 24.6 Å². The molecule has 4 rings (SSSR count). The molecule has 0 radical (unpaired) electrons. The van der Waals surface area contributed by atoms with Crippen LogP contribution in [0.5, 0.6) is 11.6 Å². The van der Waals surface area contributed by atoms with Crippen molar-refractivity contribution in [3.8, 4) is 11.6 Å². The minimum absolute atomic E-state index is 0.107. The maximum Gasteiger partial charge on any atom is 0.253 e. The Bertz CT molecular complexity index is 1080. The molecule has 7 nitrogen and oxygen atoms in total. The third-order valence-electron chi connectivity index (χ3n) is 5.63. The van der Waals surface area contributed by atoms with Gasteiger partial charge in [0.15, 0.2) is 0 Å². The number of carbonyl (C=O) groups is 1. The smallest absolute Gasteiger partial charge is 0.253 e. The van der Waals surface area contributed by atoms with E-state index in [-0.39, 0.29) is 12.5 Å². The van der Waals surface area contributed by atoms with Gasteiger partial charge in [-0.3, -0.25) is 4.79 Å². The lowest BCUT2D eigenvalue weighted by Gasteiger charge is -2.36. The zero-order valence-corrected chi connectivity index (χ0v) is 18.5. The molecule has 2 N–H and O–H groups in total. The zero-order chi connectivity index (χ0) is 21.8. The number of ether oxygens (including phenoxy) is 3. The molecule has 0 spiro atoms. The maximum atomic E-state index is 13.2. The van der Waals surface area contributed by atoms with Crippen LogP contribution in [0.4, 0.5) is 0 Å². The van der Waals surface area contributed by atoms with E-state index in [2.05, 4.69) is 10.3 Å². The SMILES string of the molecule is COc1ncccc1COc1ccc2sc(C)c(C(=O)NC3(CO)CCOCC3)c2c1. The van der Waals surface area contributed by atoms with Gasteiger partial charge in [-0.1, -0.05) is 0 Å². The Labute approximate surface area is 185 Å². The number of hydrogen-bond acceptors (Lipinski definition) is 7. The molecule has 0 saturated carbocycles. The van der Waals surface area contributed by atoms with Crippen LogP contribution in [0.25, 0.3) is 10.1 Å². The number of aryl methyl sites for hydroxylation is 1. The second kappa shape index (κ2) is 9.21. The van der Waals surface area contributed by atoms with Gasteiger partial charge in [0.25, 0.3) is 5.91 Å². The summed E-state index contributed by atoms with van der Waals surface area (Å²) in [5.74, 6) is 1.01. The Morgan fingerprint density at radius 3 is 2.87 bits per heavy atom. The predicted molar refractivity (Wildman–Crippen MR) is 119 cm³/mol. The molecule has 3 aromatic rings. The van der Waals surface area contributed by atoms with E-state index in [4.69, 9.17) is 14.2 Å². The fourth-order valence-electron chi connectivity index (χ4n) is 3.84. The fourth-order valence-corrected chi connectivity index (χ4v) is 4.88. The average Bonchev–Trinajstić information content (AvgIpc) is 3.13. The zero-order valence-electron chi connectivity index (χ0n) is 17.6. The predicted octanol–water partition coefficient (Wildman–Crippen LogP) is 3.46. The topological polar surface area (TPSA) is 89.9 Å². The van der Waals surface area contributed by atoms with E-state index < -0.39 is 5.54 Å². The first-order valence-corrected chi connectivity index (χ1v) is 11.0. The highest BCUT2D eigenvalue weighted by Gasteiger charge is 2.34. The van der Waals surface area contributed by atoms with Crippen LogP contribution in [0.3, 0.4) is 0 Å². The summed E-state index contributed by atoms with van der Waals surface area (Å²) < 4.78 is 17.7. The van der Waals surface area contributed by atoms with Crippen molar-refractivity contribution in [1.29, 1.82) is 0 Å². The van der Waals surface area contributed by atoms with Crippen molar-refractivity contribution < 1.29 is 24.1 Å². The number of pyridine rings is 1. The number of hydrogen-bond donors (Lipinski definition) is 2. The number of methoxy groups -OCH3 is 1. The largest absolute Gasteiger partial charge is 0.489 e. The van der Waals surface area contributed by atoms with Crippen LogP contribution in [0.15, 0.2) is 36.5 Å². The van der Waals surface area contributed by atoms with E-state index >= 15 is 0 Å². The highest BCUT2D eigenvalue weighted by molar-refractivity contribution is 7.19. The number of benzene rings is 1. The van der Waals surface area contributed by atoms with Gasteiger partial charge in [-0.15, -0.1) is 11.3 Å². The van der Waals surface area contributed by atoms with E-state index in [9.17, 15) is 9.90 Å². The molecule has 164 valence electrons. The molecule has 8 heteroatoms. The van der Waals surface area contributed by atoms with Gasteiger partial charge in [-0.25, -0.2) is 4.98 Å². The van der Waals surface area contributed by atoms with Crippen molar-refractivity contribution in [3.05, 3.63) is 52.5 Å². The number of fused-ring (bicyclic) bond motifs is 1. The maximum absolute atomic E-state index is 13.2. The summed E-state index contributed by atoms with van der Waals surface area (Å²) in [6.45, 7) is 3.20. The Morgan fingerprint density at radius 2 is 2.13 bits per heavy atom. The number of aliphatic hydroxyl groups is 1. The minimum atomic E-state index is -0.638. The van der Waals surface area contributed by atoms with Gasteiger partial charge in [0.2, 0.25) is 5.88 Å². The Kier molecular flexibility index (Phi) is 6.41. The third-order valence-corrected chi connectivity index (χ3v) is 6.72. The number of carbonyl (C=O) groups excluding carboxylic acids is 1. The molecule has 0 aliphatic carbocycles. The molecule has 0 unspecified atom stereocenters. The van der Waals surface area contributed by atoms with E-state index in [1.165, 1.54) is 0 Å². The molecule has 0 bridgehead atoms. The van der Waals surface area contributed by atoms with Crippen LogP contribution >= 0.6 is 11.3 Å². The van der Waals surface area contributed by atoms with Crippen LogP contribution in [0, 0.1) is 6.92 Å². The molecule has 1 aliphatic rings. The van der Waals surface area contributed by atoms with Crippen molar-refractivity contribution in [3.63, 3.8) is 0 Å². The van der Waals surface area contributed by atoms with Crippen LogP contribution in [-0.2, 0) is 11.3 Å². The average molecular weight is 443 g/mol. The number of nitrogens with one attached hydrogen (secondary N) is 1. The minimum Gasteiger partial charge on any atom is -0.489 e. The molecule has 0 atom stereocenters. The number of thiophene rings is 1. The number of aliphatic hydroxyl groups excluding tert-OH is 1. The summed E-state index contributed by atoms with van der Waals surface area (Å²) in [6, 6.07) is 9.50. The Hall–Kier alpha value is -2.68. The van der Waals surface area contributed by atoms with Crippen LogP contribution in [0.1, 0.15) is 33.6 Å². The Morgan fingerprint density at radius 1 is 1.32 bits per heavy atom. The lowest BCUT2D eigenvalue weighted by atomic mass is 9.90. The van der Waals surface area contributed by atoms with Crippen LogP contribution in [0.2, 0.25) is 0 Å². The van der Waals surface area contributed by atoms with Crippen molar-refractivity contribution in [2.45, 2.75) is 31.9 Å². The highest BCUT2D eigenvalue weighted by atomic mass is 32.1. The summed E-state index contributed by atoms with van der Waals surface area (Å²) in [4.78, 5) is 18.3. The van der Waals surface area contributed by atoms with Crippen molar-refractivity contribution >= 4 is 27.3 Å². The summed E-state index contributed by atoms with van der Waals surface area (Å²) in [5, 5.41) is 13.9. The molecule has 1 saturated heterocycles. The molecule has 31 heavy (non-hydrogen) atoms. The first kappa shape index (κ1) is 21.5. The summed E-state index contributed by atoms with van der Waals surface area (Å²) in [6.07, 6.45) is 2.86. The lowest BCUT2D eigenvalue weighted by molar-refractivity contribution is 0.0126. The number of rotatable bonds is 7. The number of amides is 1. The quantitative estimate of drug-likeness (QED) is 0.582. The molecule has 1 fully saturated rings.